The zero-order chi connectivity index (χ0) is 36.8. The number of hydrogen-bond acceptors (Lipinski definition) is 4. The number of Topliss-reactive ketones (excluding diaryl/α,β-unsaturated/α-hetero) is 4. The summed E-state index contributed by atoms with van der Waals surface area (Å²) in [6.07, 6.45) is 25.5. The van der Waals surface area contributed by atoms with Gasteiger partial charge >= 0.3 is 0 Å². The number of allylic oxidation sites excluding steroid dienone is 2. The molecule has 0 aliphatic heterocycles. The van der Waals surface area contributed by atoms with Gasteiger partial charge in [-0.15, -0.1) is 0 Å². The average molecular weight is 713 g/mol. The van der Waals surface area contributed by atoms with Crippen LogP contribution in [0.2, 0.25) is 0 Å². The minimum atomic E-state index is -0.161. The van der Waals surface area contributed by atoms with Crippen molar-refractivity contribution in [3.63, 3.8) is 0 Å². The van der Waals surface area contributed by atoms with Crippen molar-refractivity contribution in [3.8, 4) is 0 Å². The lowest BCUT2D eigenvalue weighted by Gasteiger charge is -2.59. The van der Waals surface area contributed by atoms with Gasteiger partial charge in [0.1, 0.15) is 23.1 Å². The lowest BCUT2D eigenvalue weighted by atomic mass is 9.44. The summed E-state index contributed by atoms with van der Waals surface area (Å²) >= 11 is 0. The van der Waals surface area contributed by atoms with Crippen LogP contribution in [0.1, 0.15) is 170 Å². The van der Waals surface area contributed by atoms with Gasteiger partial charge in [-0.2, -0.15) is 0 Å². The Morgan fingerprint density at radius 3 is 1.35 bits per heavy atom. The van der Waals surface area contributed by atoms with Crippen LogP contribution in [0.15, 0.2) is 12.2 Å². The van der Waals surface area contributed by atoms with E-state index in [2.05, 4.69) is 53.7 Å². The Kier molecular flexibility index (Phi) is 9.74. The van der Waals surface area contributed by atoms with Crippen molar-refractivity contribution in [1.29, 1.82) is 0 Å². The van der Waals surface area contributed by atoms with Crippen molar-refractivity contribution in [1.82, 2.24) is 0 Å². The van der Waals surface area contributed by atoms with Crippen molar-refractivity contribution in [2.45, 2.75) is 170 Å². The molecule has 0 aromatic carbocycles. The fourth-order valence-electron chi connectivity index (χ4n) is 16.7. The molecule has 8 aliphatic rings. The Bertz CT molecular complexity index is 1370. The van der Waals surface area contributed by atoms with Gasteiger partial charge in [-0.1, -0.05) is 53.7 Å². The van der Waals surface area contributed by atoms with E-state index in [-0.39, 0.29) is 21.7 Å². The standard InChI is InChI=1S/C48H72O4/c1-29(37-17-19-39-35-15-13-31-25-33(49)21-23-45(31,3)41(35)27-43(51)47(37,39)5)11-9-7-8-10-12-30(2)38-18-20-40-36-16-14-32-26-34(50)22-24-46(32,4)42(36)28-44(52)48(38,40)6/h7-8,29-32,35-42H,9-28H2,1-6H3/b8-7+/t29?,30?,31-,32-,35+,36+,37-,38-,39+,40+,41+,42+,45+,46+,47-,48-/m1/s1. The first-order valence-electron chi connectivity index (χ1n) is 22.5. The average Bonchev–Trinajstić information content (AvgIpc) is 3.66. The van der Waals surface area contributed by atoms with Crippen molar-refractivity contribution in [2.24, 2.45) is 92.7 Å². The molecule has 0 amide bonds. The van der Waals surface area contributed by atoms with E-state index >= 15 is 0 Å². The van der Waals surface area contributed by atoms with Gasteiger partial charge in [0.2, 0.25) is 0 Å². The van der Waals surface area contributed by atoms with Gasteiger partial charge in [0.05, 0.1) is 0 Å². The number of carbonyl (C=O) groups is 4. The van der Waals surface area contributed by atoms with Crippen molar-refractivity contribution < 1.29 is 19.2 Å². The first-order valence-corrected chi connectivity index (χ1v) is 22.5. The summed E-state index contributed by atoms with van der Waals surface area (Å²) in [6.45, 7) is 14.5. The van der Waals surface area contributed by atoms with Crippen LogP contribution in [0.3, 0.4) is 0 Å². The Morgan fingerprint density at radius 1 is 0.538 bits per heavy atom. The summed E-state index contributed by atoms with van der Waals surface area (Å²) in [5.74, 6) is 8.51. The molecule has 8 rings (SSSR count). The fourth-order valence-corrected chi connectivity index (χ4v) is 16.7. The highest BCUT2D eigenvalue weighted by Gasteiger charge is 2.65. The van der Waals surface area contributed by atoms with Crippen LogP contribution in [0.25, 0.3) is 0 Å². The van der Waals surface area contributed by atoms with Crippen LogP contribution >= 0.6 is 0 Å². The Labute approximate surface area is 316 Å². The summed E-state index contributed by atoms with van der Waals surface area (Å²) in [6, 6.07) is 0. The van der Waals surface area contributed by atoms with Gasteiger partial charge in [-0.05, 0) is 172 Å². The fraction of sp³-hybridized carbons (Fsp3) is 0.875. The molecule has 4 heteroatoms. The molecule has 2 unspecified atom stereocenters. The van der Waals surface area contributed by atoms with Crippen LogP contribution < -0.4 is 0 Å². The summed E-state index contributed by atoms with van der Waals surface area (Å²) < 4.78 is 0. The molecule has 0 bridgehead atoms. The van der Waals surface area contributed by atoms with Gasteiger partial charge in [-0.25, -0.2) is 0 Å². The van der Waals surface area contributed by atoms with Gasteiger partial charge in [0, 0.05) is 49.4 Å². The maximum absolute atomic E-state index is 14.2. The van der Waals surface area contributed by atoms with Gasteiger partial charge in [0.15, 0.2) is 0 Å². The van der Waals surface area contributed by atoms with Crippen LogP contribution in [0.4, 0.5) is 0 Å². The highest BCUT2D eigenvalue weighted by molar-refractivity contribution is 5.88. The zero-order valence-electron chi connectivity index (χ0n) is 33.9. The maximum atomic E-state index is 14.2. The minimum absolute atomic E-state index is 0.161. The maximum Gasteiger partial charge on any atom is 0.139 e. The SMILES string of the molecule is CC(CC/C=C/CCC(C)[C@H]1CC[C@H]2[C@@H]3CC[C@@H]4CC(=O)CC[C@]4(C)[C@H]3CC(=O)[C@]12C)[C@H]1CC[C@H]2[C@@H]3CC[C@@H]4CC(=O)CC[C@]4(C)[C@H]3CC(=O)[C@]12C. The third kappa shape index (κ3) is 5.60. The van der Waals surface area contributed by atoms with E-state index in [0.29, 0.717) is 94.1 Å². The molecule has 4 nitrogen and oxygen atoms in total. The topological polar surface area (TPSA) is 68.3 Å². The second-order valence-corrected chi connectivity index (χ2v) is 21.6. The monoisotopic (exact) mass is 713 g/mol. The normalized spacial score (nSPS) is 49.8. The molecule has 0 heterocycles. The summed E-state index contributed by atoms with van der Waals surface area (Å²) in [5.41, 5.74) is 0.0435. The number of rotatable bonds is 8. The molecule has 0 radical (unpaired) electrons. The van der Waals surface area contributed by atoms with Crippen molar-refractivity contribution in [3.05, 3.63) is 12.2 Å². The highest BCUT2D eigenvalue weighted by Crippen LogP contribution is 2.69. The Balaban J connectivity index is 0.832. The van der Waals surface area contributed by atoms with Gasteiger partial charge < -0.3 is 0 Å². The Morgan fingerprint density at radius 2 is 0.942 bits per heavy atom. The molecule has 0 aromatic heterocycles. The largest absolute Gasteiger partial charge is 0.300 e. The van der Waals surface area contributed by atoms with E-state index in [1.807, 2.05) is 0 Å². The molecule has 0 saturated heterocycles. The van der Waals surface area contributed by atoms with Crippen molar-refractivity contribution in [2.75, 3.05) is 0 Å². The van der Waals surface area contributed by atoms with E-state index in [0.717, 1.165) is 77.0 Å². The lowest BCUT2D eigenvalue weighted by molar-refractivity contribution is -0.160. The number of ketones is 4. The first-order chi connectivity index (χ1) is 24.7. The molecule has 8 fully saturated rings. The van der Waals surface area contributed by atoms with E-state index in [4.69, 9.17) is 0 Å². The third-order valence-electron chi connectivity index (χ3n) is 19.9. The van der Waals surface area contributed by atoms with Crippen LogP contribution in [0.5, 0.6) is 0 Å². The molecule has 0 spiro atoms. The van der Waals surface area contributed by atoms with Crippen LogP contribution in [-0.2, 0) is 19.2 Å². The molecule has 0 aromatic rings. The van der Waals surface area contributed by atoms with Gasteiger partial charge in [-0.3, -0.25) is 19.2 Å². The van der Waals surface area contributed by atoms with Crippen LogP contribution in [-0.4, -0.2) is 23.1 Å². The Hall–Kier alpha value is -1.58. The van der Waals surface area contributed by atoms with E-state index in [1.165, 1.54) is 51.4 Å². The molecular weight excluding hydrogens is 641 g/mol. The van der Waals surface area contributed by atoms with Crippen molar-refractivity contribution >= 4 is 23.1 Å². The lowest BCUT2D eigenvalue weighted by Crippen LogP contribution is -2.57. The highest BCUT2D eigenvalue weighted by atomic mass is 16.1. The smallest absolute Gasteiger partial charge is 0.139 e. The van der Waals surface area contributed by atoms with Gasteiger partial charge in [0.25, 0.3) is 0 Å². The summed E-state index contributed by atoms with van der Waals surface area (Å²) in [5, 5.41) is 0. The predicted octanol–water partition coefficient (Wildman–Crippen LogP) is 11.2. The summed E-state index contributed by atoms with van der Waals surface area (Å²) in [4.78, 5) is 53.1. The molecule has 288 valence electrons. The quantitative estimate of drug-likeness (QED) is 0.235. The molecule has 8 saturated carbocycles. The molecular formula is C48H72O4. The van der Waals surface area contributed by atoms with E-state index in [9.17, 15) is 19.2 Å². The predicted molar refractivity (Wildman–Crippen MR) is 207 cm³/mol. The van der Waals surface area contributed by atoms with E-state index in [1.54, 1.807) is 0 Å². The third-order valence-corrected chi connectivity index (χ3v) is 19.9. The van der Waals surface area contributed by atoms with Crippen LogP contribution in [0, 0.1) is 92.7 Å². The second-order valence-electron chi connectivity index (χ2n) is 21.6. The summed E-state index contributed by atoms with van der Waals surface area (Å²) in [7, 11) is 0. The first kappa shape index (κ1) is 37.3. The zero-order valence-corrected chi connectivity index (χ0v) is 33.9. The number of hydrogen-bond donors (Lipinski definition) is 0. The molecule has 52 heavy (non-hydrogen) atoms. The number of carbonyl (C=O) groups excluding carboxylic acids is 4. The molecule has 8 aliphatic carbocycles. The molecule has 0 N–H and O–H groups in total. The van der Waals surface area contributed by atoms with E-state index < -0.39 is 0 Å². The minimum Gasteiger partial charge on any atom is -0.300 e. The molecule has 16 atom stereocenters. The number of fused-ring (bicyclic) bond motifs is 10. The second kappa shape index (κ2) is 13.6.